The fourth-order valence-corrected chi connectivity index (χ4v) is 1.15. The van der Waals surface area contributed by atoms with E-state index >= 15 is 0 Å². The molecule has 12 heteroatoms. The van der Waals surface area contributed by atoms with Crippen molar-refractivity contribution in [3.8, 4) is 0 Å². The maximum Gasteiger partial charge on any atom is 0.413 e. The second kappa shape index (κ2) is 7.86. The van der Waals surface area contributed by atoms with Crippen molar-refractivity contribution in [3.05, 3.63) is 0 Å². The van der Waals surface area contributed by atoms with Crippen molar-refractivity contribution in [2.45, 2.75) is 0 Å². The van der Waals surface area contributed by atoms with Gasteiger partial charge in [0.1, 0.15) is 0 Å². The van der Waals surface area contributed by atoms with Gasteiger partial charge in [-0.15, -0.1) is 3.63 Å². The molecule has 0 atom stereocenters. The van der Waals surface area contributed by atoms with Gasteiger partial charge in [0.15, 0.2) is 0 Å². The summed E-state index contributed by atoms with van der Waals surface area (Å²) in [6.07, 6.45) is 0. The predicted octanol–water partition coefficient (Wildman–Crippen LogP) is -2.81. The summed E-state index contributed by atoms with van der Waals surface area (Å²) in [4.78, 5) is 0. The van der Waals surface area contributed by atoms with Crippen molar-refractivity contribution < 1.29 is 44.9 Å². The van der Waals surface area contributed by atoms with Crippen LogP contribution in [0.5, 0.6) is 0 Å². The van der Waals surface area contributed by atoms with E-state index in [0.717, 1.165) is 0 Å². The molecule has 0 radical (unpaired) electrons. The lowest BCUT2D eigenvalue weighted by molar-refractivity contribution is 0.0969. The van der Waals surface area contributed by atoms with Crippen molar-refractivity contribution >= 4 is 20.8 Å². The van der Waals surface area contributed by atoms with Crippen LogP contribution in [0.25, 0.3) is 0 Å². The Labute approximate surface area is 92.0 Å². The fourth-order valence-electron chi connectivity index (χ4n) is 0.282. The van der Waals surface area contributed by atoms with E-state index in [0.29, 0.717) is 0 Å². The highest BCUT2D eigenvalue weighted by atomic mass is 32.3. The van der Waals surface area contributed by atoms with E-state index in [2.05, 4.69) is 3.63 Å². The molecule has 0 bridgehead atoms. The molecule has 0 aliphatic heterocycles. The molecule has 0 saturated carbocycles. The number of aliphatic hydroxyl groups is 3. The highest BCUT2D eigenvalue weighted by molar-refractivity contribution is 7.94. The molecular weight excluding hydrogens is 272 g/mol. The summed E-state index contributed by atoms with van der Waals surface area (Å²) >= 11 is 0. The Morgan fingerprint density at radius 1 is 0.812 bits per heavy atom. The second-order valence-corrected chi connectivity index (χ2v) is 4.59. The Bertz CT molecular complexity index is 315. The number of hydrogen-bond donors (Lipinski definition) is 5. The van der Waals surface area contributed by atoms with Crippen LogP contribution in [0.2, 0.25) is 0 Å². The van der Waals surface area contributed by atoms with Crippen molar-refractivity contribution in [3.63, 3.8) is 0 Å². The summed E-state index contributed by atoms with van der Waals surface area (Å²) in [6, 6.07) is 0. The molecule has 0 aromatic carbocycles. The minimum absolute atomic E-state index is 0.146. The molecule has 0 aromatic heterocycles. The lowest BCUT2D eigenvalue weighted by Crippen LogP contribution is -2.14. The van der Waals surface area contributed by atoms with Gasteiger partial charge in [0.2, 0.25) is 0 Å². The minimum atomic E-state index is -5.12. The van der Waals surface area contributed by atoms with Gasteiger partial charge in [-0.3, -0.25) is 9.11 Å². The fraction of sp³-hybridized carbons (Fsp3) is 1.00. The van der Waals surface area contributed by atoms with E-state index in [-0.39, 0.29) is 25.7 Å². The predicted molar refractivity (Wildman–Crippen MR) is 48.9 cm³/mol. The smallest absolute Gasteiger partial charge is 0.396 e. The summed E-state index contributed by atoms with van der Waals surface area (Å²) in [5.41, 5.74) is 0. The molecule has 16 heavy (non-hydrogen) atoms. The maximum absolute atomic E-state index is 9.44. The molecule has 0 saturated heterocycles. The molecule has 100 valence electrons. The van der Waals surface area contributed by atoms with Gasteiger partial charge in [-0.05, 0) is 0 Å². The van der Waals surface area contributed by atoms with Gasteiger partial charge in [0, 0.05) is 5.92 Å². The maximum atomic E-state index is 9.44. The van der Waals surface area contributed by atoms with Gasteiger partial charge in [0.25, 0.3) is 0 Å². The third-order valence-corrected chi connectivity index (χ3v) is 2.32. The standard InChI is InChI=1S/C4H10O3.H2O7S2/c5-1-4(2-6)3-7;1-8(2,3)7-9(4,5)6/h4-7H,1-3H2;(H,1,2,3)(H,4,5,6). The monoisotopic (exact) mass is 284 g/mol. The van der Waals surface area contributed by atoms with Crippen LogP contribution in [0, 0.1) is 5.92 Å². The third-order valence-electron chi connectivity index (χ3n) is 0.947. The Balaban J connectivity index is 0. The first-order chi connectivity index (χ1) is 7.05. The molecule has 0 aromatic rings. The normalized spacial score (nSPS) is 12.1. The largest absolute Gasteiger partial charge is 0.413 e. The zero-order valence-electron chi connectivity index (χ0n) is 7.79. The Morgan fingerprint density at radius 3 is 1.06 bits per heavy atom. The van der Waals surface area contributed by atoms with Crippen LogP contribution >= 0.6 is 0 Å². The van der Waals surface area contributed by atoms with E-state index in [4.69, 9.17) is 24.4 Å². The van der Waals surface area contributed by atoms with Crippen LogP contribution in [0.3, 0.4) is 0 Å². The molecular formula is C4H12O10S2. The molecule has 0 aliphatic rings. The summed E-state index contributed by atoms with van der Waals surface area (Å²) in [5, 5.41) is 24.6. The number of hydrogen-bond acceptors (Lipinski definition) is 8. The lowest BCUT2D eigenvalue weighted by atomic mass is 10.2. The van der Waals surface area contributed by atoms with E-state index in [1.54, 1.807) is 0 Å². The first-order valence-corrected chi connectivity index (χ1v) is 6.27. The zero-order chi connectivity index (χ0) is 13.4. The first-order valence-electron chi connectivity index (χ1n) is 3.54. The molecule has 0 spiro atoms. The van der Waals surface area contributed by atoms with Crippen LogP contribution in [-0.2, 0) is 24.4 Å². The van der Waals surface area contributed by atoms with E-state index < -0.39 is 20.8 Å². The van der Waals surface area contributed by atoms with Crippen molar-refractivity contribution in [2.24, 2.45) is 5.92 Å². The topological polar surface area (TPSA) is 179 Å². The van der Waals surface area contributed by atoms with Crippen LogP contribution in [-0.4, -0.2) is 61.1 Å². The van der Waals surface area contributed by atoms with Crippen molar-refractivity contribution in [2.75, 3.05) is 19.8 Å². The summed E-state index contributed by atoms with van der Waals surface area (Å²) in [6.45, 7) is -0.437. The SMILES string of the molecule is O=S(=O)(O)OS(=O)(=O)O.OCC(CO)CO. The van der Waals surface area contributed by atoms with Crippen molar-refractivity contribution in [1.82, 2.24) is 0 Å². The molecule has 5 N–H and O–H groups in total. The summed E-state index contributed by atoms with van der Waals surface area (Å²) in [7, 11) is -10.2. The molecule has 0 unspecified atom stereocenters. The van der Waals surface area contributed by atoms with Gasteiger partial charge < -0.3 is 15.3 Å². The molecule has 0 heterocycles. The lowest BCUT2D eigenvalue weighted by Gasteiger charge is -2.02. The summed E-state index contributed by atoms with van der Waals surface area (Å²) < 4.78 is 55.6. The minimum Gasteiger partial charge on any atom is -0.396 e. The van der Waals surface area contributed by atoms with Gasteiger partial charge in [-0.2, -0.15) is 16.8 Å². The van der Waals surface area contributed by atoms with Crippen LogP contribution in [0.4, 0.5) is 0 Å². The second-order valence-electron chi connectivity index (χ2n) is 2.34. The van der Waals surface area contributed by atoms with Gasteiger partial charge in [0.05, 0.1) is 19.8 Å². The zero-order valence-corrected chi connectivity index (χ0v) is 9.43. The molecule has 0 rings (SSSR count). The quantitative estimate of drug-likeness (QED) is 0.331. The Morgan fingerprint density at radius 2 is 1.06 bits per heavy atom. The number of aliphatic hydroxyl groups excluding tert-OH is 3. The van der Waals surface area contributed by atoms with Crippen LogP contribution < -0.4 is 0 Å². The molecule has 0 amide bonds. The van der Waals surface area contributed by atoms with Crippen molar-refractivity contribution in [1.29, 1.82) is 0 Å². The molecule has 0 aliphatic carbocycles. The average Bonchev–Trinajstić information content (AvgIpc) is 2.01. The Kier molecular flexibility index (Phi) is 8.86. The number of rotatable bonds is 5. The molecule has 0 fully saturated rings. The summed E-state index contributed by atoms with van der Waals surface area (Å²) in [5.74, 6) is -0.347. The van der Waals surface area contributed by atoms with E-state index in [9.17, 15) is 16.8 Å². The van der Waals surface area contributed by atoms with E-state index in [1.165, 1.54) is 0 Å². The Hall–Kier alpha value is -0.340. The van der Waals surface area contributed by atoms with Gasteiger partial charge >= 0.3 is 20.8 Å². The van der Waals surface area contributed by atoms with E-state index in [1.807, 2.05) is 0 Å². The van der Waals surface area contributed by atoms with Crippen LogP contribution in [0.1, 0.15) is 0 Å². The van der Waals surface area contributed by atoms with Gasteiger partial charge in [-0.1, -0.05) is 0 Å². The highest BCUT2D eigenvalue weighted by Crippen LogP contribution is 1.91. The molecule has 10 nitrogen and oxygen atoms in total. The van der Waals surface area contributed by atoms with Crippen LogP contribution in [0.15, 0.2) is 0 Å². The average molecular weight is 284 g/mol. The third kappa shape index (κ3) is 16.1. The highest BCUT2D eigenvalue weighted by Gasteiger charge is 2.15. The first kappa shape index (κ1) is 18.0. The van der Waals surface area contributed by atoms with Gasteiger partial charge in [-0.25, -0.2) is 0 Å².